The topological polar surface area (TPSA) is 35.6 Å². The summed E-state index contributed by atoms with van der Waals surface area (Å²) in [4.78, 5) is 4.29. The maximum absolute atomic E-state index is 4.29. The summed E-state index contributed by atoms with van der Waals surface area (Å²) in [6, 6.07) is 0. The molecule has 2 rings (SSSR count). The van der Waals surface area contributed by atoms with Gasteiger partial charge in [-0.25, -0.2) is 4.98 Å². The zero-order valence-corrected chi connectivity index (χ0v) is 9.22. The molecule has 0 bridgehead atoms. The lowest BCUT2D eigenvalue weighted by Crippen LogP contribution is -2.02. The molecular weight excluding hydrogens is 188 g/mol. The van der Waals surface area contributed by atoms with Crippen molar-refractivity contribution in [3.8, 4) is 0 Å². The maximum atomic E-state index is 4.29. The van der Waals surface area contributed by atoms with E-state index < -0.39 is 0 Å². The molecule has 0 saturated carbocycles. The fraction of sp³-hybridized carbons (Fsp3) is 0.455. The predicted molar refractivity (Wildman–Crippen MR) is 58.6 cm³/mol. The van der Waals surface area contributed by atoms with Gasteiger partial charge in [-0.15, -0.1) is 0 Å². The Morgan fingerprint density at radius 3 is 2.87 bits per heavy atom. The van der Waals surface area contributed by atoms with Crippen molar-refractivity contribution in [2.45, 2.75) is 33.4 Å². The van der Waals surface area contributed by atoms with Crippen LogP contribution in [-0.2, 0) is 19.5 Å². The van der Waals surface area contributed by atoms with E-state index in [2.05, 4.69) is 34.7 Å². The van der Waals surface area contributed by atoms with Crippen molar-refractivity contribution in [1.82, 2.24) is 19.3 Å². The van der Waals surface area contributed by atoms with E-state index >= 15 is 0 Å². The van der Waals surface area contributed by atoms with E-state index in [0.29, 0.717) is 0 Å². The average molecular weight is 204 g/mol. The summed E-state index contributed by atoms with van der Waals surface area (Å²) < 4.78 is 4.11. The molecule has 0 saturated heterocycles. The number of rotatable bonds is 4. The molecule has 0 aliphatic heterocycles. The third-order valence-electron chi connectivity index (χ3n) is 2.48. The minimum atomic E-state index is 0.864. The lowest BCUT2D eigenvalue weighted by atomic mass is 10.3. The van der Waals surface area contributed by atoms with Crippen LogP contribution in [0.15, 0.2) is 24.8 Å². The first-order valence-corrected chi connectivity index (χ1v) is 5.34. The molecule has 0 aliphatic carbocycles. The molecule has 0 unspecified atom stereocenters. The number of hydrogen-bond donors (Lipinski definition) is 0. The summed E-state index contributed by atoms with van der Waals surface area (Å²) in [5.41, 5.74) is 1.23. The zero-order chi connectivity index (χ0) is 10.7. The largest absolute Gasteiger partial charge is 0.330 e. The fourth-order valence-electron chi connectivity index (χ4n) is 1.66. The van der Waals surface area contributed by atoms with Gasteiger partial charge in [0.05, 0.1) is 12.7 Å². The second-order valence-electron chi connectivity index (χ2n) is 3.53. The van der Waals surface area contributed by atoms with Crippen LogP contribution in [0.4, 0.5) is 0 Å². The molecule has 0 aliphatic rings. The van der Waals surface area contributed by atoms with E-state index in [1.807, 2.05) is 23.3 Å². The molecular formula is C11H16N4. The Hall–Kier alpha value is -1.58. The van der Waals surface area contributed by atoms with Crippen molar-refractivity contribution in [1.29, 1.82) is 0 Å². The standard InChI is InChI=1S/C11H16N4/c1-3-11-12-5-6-14(11)8-10-7-13-15(4-2)9-10/h5-7,9H,3-4,8H2,1-2H3. The number of hydrogen-bond acceptors (Lipinski definition) is 2. The first-order valence-electron chi connectivity index (χ1n) is 5.34. The van der Waals surface area contributed by atoms with Crippen molar-refractivity contribution >= 4 is 0 Å². The lowest BCUT2D eigenvalue weighted by Gasteiger charge is -2.03. The highest BCUT2D eigenvalue weighted by molar-refractivity contribution is 5.07. The van der Waals surface area contributed by atoms with Crippen LogP contribution in [0.5, 0.6) is 0 Å². The van der Waals surface area contributed by atoms with E-state index in [1.54, 1.807) is 0 Å². The average Bonchev–Trinajstić information content (AvgIpc) is 2.87. The number of imidazole rings is 1. The lowest BCUT2D eigenvalue weighted by molar-refractivity contribution is 0.657. The molecule has 0 radical (unpaired) electrons. The van der Waals surface area contributed by atoms with Crippen LogP contribution in [0.25, 0.3) is 0 Å². The van der Waals surface area contributed by atoms with Crippen LogP contribution in [-0.4, -0.2) is 19.3 Å². The van der Waals surface area contributed by atoms with Gasteiger partial charge in [-0.1, -0.05) is 6.92 Å². The summed E-state index contributed by atoms with van der Waals surface area (Å²) in [5, 5.41) is 4.25. The molecule has 0 spiro atoms. The Bertz CT molecular complexity index is 427. The molecule has 0 fully saturated rings. The number of nitrogens with zero attached hydrogens (tertiary/aromatic N) is 4. The first kappa shape index (κ1) is 9.96. The van der Waals surface area contributed by atoms with Crippen molar-refractivity contribution in [2.75, 3.05) is 0 Å². The monoisotopic (exact) mass is 204 g/mol. The molecule has 15 heavy (non-hydrogen) atoms. The number of aryl methyl sites for hydroxylation is 2. The summed E-state index contributed by atoms with van der Waals surface area (Å²) >= 11 is 0. The summed E-state index contributed by atoms with van der Waals surface area (Å²) in [6.45, 7) is 5.99. The Balaban J connectivity index is 2.14. The van der Waals surface area contributed by atoms with Gasteiger partial charge in [0, 0.05) is 37.1 Å². The predicted octanol–water partition coefficient (Wildman–Crippen LogP) is 1.71. The van der Waals surface area contributed by atoms with Crippen LogP contribution in [0.3, 0.4) is 0 Å². The van der Waals surface area contributed by atoms with Crippen molar-refractivity contribution < 1.29 is 0 Å². The quantitative estimate of drug-likeness (QED) is 0.760. The van der Waals surface area contributed by atoms with E-state index in [4.69, 9.17) is 0 Å². The molecule has 80 valence electrons. The van der Waals surface area contributed by atoms with Gasteiger partial charge in [0.1, 0.15) is 5.82 Å². The van der Waals surface area contributed by atoms with Crippen LogP contribution in [0, 0.1) is 0 Å². The zero-order valence-electron chi connectivity index (χ0n) is 9.22. The van der Waals surface area contributed by atoms with Gasteiger partial charge < -0.3 is 4.57 Å². The third kappa shape index (κ3) is 2.09. The van der Waals surface area contributed by atoms with Gasteiger partial charge in [-0.2, -0.15) is 5.10 Å². The van der Waals surface area contributed by atoms with Crippen molar-refractivity contribution in [2.24, 2.45) is 0 Å². The first-order chi connectivity index (χ1) is 7.33. The van der Waals surface area contributed by atoms with Gasteiger partial charge >= 0.3 is 0 Å². The summed E-state index contributed by atoms with van der Waals surface area (Å²) in [7, 11) is 0. The third-order valence-corrected chi connectivity index (χ3v) is 2.48. The van der Waals surface area contributed by atoms with E-state index in [-0.39, 0.29) is 0 Å². The SMILES string of the molecule is CCc1nccn1Cc1cnn(CC)c1. The molecule has 0 aromatic carbocycles. The molecule has 0 atom stereocenters. The summed E-state index contributed by atoms with van der Waals surface area (Å²) in [5.74, 6) is 1.12. The molecule has 0 N–H and O–H groups in total. The van der Waals surface area contributed by atoms with Crippen molar-refractivity contribution in [3.05, 3.63) is 36.2 Å². The highest BCUT2D eigenvalue weighted by atomic mass is 15.3. The van der Waals surface area contributed by atoms with Gasteiger partial charge in [-0.05, 0) is 6.92 Å². The van der Waals surface area contributed by atoms with Crippen LogP contribution in [0.2, 0.25) is 0 Å². The minimum Gasteiger partial charge on any atom is -0.330 e. The molecule has 2 aromatic rings. The van der Waals surface area contributed by atoms with Crippen molar-refractivity contribution in [3.63, 3.8) is 0 Å². The molecule has 4 heteroatoms. The van der Waals surface area contributed by atoms with Crippen LogP contribution in [0.1, 0.15) is 25.2 Å². The Kier molecular flexibility index (Phi) is 2.85. The number of aromatic nitrogens is 4. The summed E-state index contributed by atoms with van der Waals surface area (Å²) in [6.07, 6.45) is 8.84. The normalized spacial score (nSPS) is 10.8. The second kappa shape index (κ2) is 4.29. The molecule has 2 aromatic heterocycles. The van der Waals surface area contributed by atoms with E-state index in [0.717, 1.165) is 25.3 Å². The Morgan fingerprint density at radius 2 is 2.20 bits per heavy atom. The maximum Gasteiger partial charge on any atom is 0.108 e. The van der Waals surface area contributed by atoms with Gasteiger partial charge in [0.15, 0.2) is 0 Å². The molecule has 0 amide bonds. The highest BCUT2D eigenvalue weighted by Gasteiger charge is 2.02. The van der Waals surface area contributed by atoms with E-state index in [9.17, 15) is 0 Å². The Morgan fingerprint density at radius 1 is 1.33 bits per heavy atom. The smallest absolute Gasteiger partial charge is 0.108 e. The minimum absolute atomic E-state index is 0.864. The van der Waals surface area contributed by atoms with Gasteiger partial charge in [0.25, 0.3) is 0 Å². The molecule has 4 nitrogen and oxygen atoms in total. The fourth-order valence-corrected chi connectivity index (χ4v) is 1.66. The van der Waals surface area contributed by atoms with Crippen LogP contribution >= 0.6 is 0 Å². The Labute approximate surface area is 89.6 Å². The molecule has 2 heterocycles. The highest BCUT2D eigenvalue weighted by Crippen LogP contribution is 2.05. The van der Waals surface area contributed by atoms with Crippen LogP contribution < -0.4 is 0 Å². The second-order valence-corrected chi connectivity index (χ2v) is 3.53. The van der Waals surface area contributed by atoms with Gasteiger partial charge in [0.2, 0.25) is 0 Å². The van der Waals surface area contributed by atoms with Gasteiger partial charge in [-0.3, -0.25) is 4.68 Å². The van der Waals surface area contributed by atoms with E-state index in [1.165, 1.54) is 5.56 Å².